The summed E-state index contributed by atoms with van der Waals surface area (Å²) >= 11 is 0. The number of aromatic nitrogens is 1. The molecule has 14 heavy (non-hydrogen) atoms. The Hall–Kier alpha value is -1.56. The molecule has 0 aliphatic heterocycles. The summed E-state index contributed by atoms with van der Waals surface area (Å²) in [6.45, 7) is 6.37. The largest absolute Gasteiger partial charge is 0.313 e. The van der Waals surface area contributed by atoms with Gasteiger partial charge in [-0.05, 0) is 32.4 Å². The zero-order chi connectivity index (χ0) is 10.7. The van der Waals surface area contributed by atoms with Crippen molar-refractivity contribution >= 4 is 0 Å². The van der Waals surface area contributed by atoms with Crippen LogP contribution in [-0.4, -0.2) is 4.57 Å². The molecule has 0 spiro atoms. The van der Waals surface area contributed by atoms with E-state index in [0.717, 1.165) is 11.3 Å². The molecule has 0 aliphatic carbocycles. The monoisotopic (exact) mass is 190 g/mol. The lowest BCUT2D eigenvalue weighted by atomic mass is 10.1. The van der Waals surface area contributed by atoms with Gasteiger partial charge in [-0.25, -0.2) is 0 Å². The fourth-order valence-corrected chi connectivity index (χ4v) is 1.66. The summed E-state index contributed by atoms with van der Waals surface area (Å²) in [5.41, 5.74) is 2.47. The number of nitrogens with zero attached hydrogens (tertiary/aromatic N) is 2. The molecule has 3 nitrogen and oxygen atoms in total. The number of nitriles is 1. The summed E-state index contributed by atoms with van der Waals surface area (Å²) in [5.74, 6) is 0. The number of hydrogen-bond acceptors (Lipinski definition) is 2. The molecule has 0 unspecified atom stereocenters. The van der Waals surface area contributed by atoms with Crippen molar-refractivity contribution in [2.45, 2.75) is 33.7 Å². The molecule has 74 valence electrons. The van der Waals surface area contributed by atoms with Gasteiger partial charge in [-0.3, -0.25) is 4.79 Å². The third-order valence-corrected chi connectivity index (χ3v) is 2.40. The first kappa shape index (κ1) is 10.5. The number of rotatable bonds is 2. The normalized spacial score (nSPS) is 9.86. The highest BCUT2D eigenvalue weighted by molar-refractivity contribution is 5.28. The van der Waals surface area contributed by atoms with Gasteiger partial charge in [0.15, 0.2) is 0 Å². The predicted octanol–water partition coefficient (Wildman–Crippen LogP) is 1.55. The number of pyridine rings is 1. The van der Waals surface area contributed by atoms with Gasteiger partial charge in [-0.1, -0.05) is 0 Å². The van der Waals surface area contributed by atoms with E-state index < -0.39 is 0 Å². The van der Waals surface area contributed by atoms with Crippen LogP contribution >= 0.6 is 0 Å². The maximum absolute atomic E-state index is 11.8. The third-order valence-electron chi connectivity index (χ3n) is 2.40. The summed E-state index contributed by atoms with van der Waals surface area (Å²) < 4.78 is 1.69. The summed E-state index contributed by atoms with van der Waals surface area (Å²) in [7, 11) is 0. The van der Waals surface area contributed by atoms with Gasteiger partial charge in [0.25, 0.3) is 5.56 Å². The molecule has 1 heterocycles. The Morgan fingerprint density at radius 1 is 1.50 bits per heavy atom. The number of aryl methyl sites for hydroxylation is 2. The zero-order valence-corrected chi connectivity index (χ0v) is 8.79. The summed E-state index contributed by atoms with van der Waals surface area (Å²) in [4.78, 5) is 11.8. The highest BCUT2D eigenvalue weighted by Gasteiger charge is 2.08. The lowest BCUT2D eigenvalue weighted by Gasteiger charge is -2.10. The van der Waals surface area contributed by atoms with Crippen LogP contribution in [0.25, 0.3) is 0 Å². The van der Waals surface area contributed by atoms with Crippen molar-refractivity contribution in [3.05, 3.63) is 33.2 Å². The van der Waals surface area contributed by atoms with E-state index in [1.165, 1.54) is 0 Å². The average Bonchev–Trinajstić information content (AvgIpc) is 2.12. The van der Waals surface area contributed by atoms with Gasteiger partial charge in [-0.15, -0.1) is 0 Å². The quantitative estimate of drug-likeness (QED) is 0.710. The second kappa shape index (κ2) is 4.10. The molecule has 0 bridgehead atoms. The Morgan fingerprint density at radius 2 is 2.14 bits per heavy atom. The van der Waals surface area contributed by atoms with Crippen LogP contribution in [0.1, 0.15) is 23.7 Å². The van der Waals surface area contributed by atoms with Crippen molar-refractivity contribution in [1.29, 1.82) is 5.26 Å². The third kappa shape index (κ3) is 1.69. The predicted molar refractivity (Wildman–Crippen MR) is 55.2 cm³/mol. The highest BCUT2D eigenvalue weighted by Crippen LogP contribution is 2.06. The molecule has 1 aromatic heterocycles. The summed E-state index contributed by atoms with van der Waals surface area (Å²) in [6.07, 6.45) is 0.199. The van der Waals surface area contributed by atoms with Crippen LogP contribution in [0.15, 0.2) is 10.9 Å². The molecule has 1 rings (SSSR count). The van der Waals surface area contributed by atoms with Crippen LogP contribution in [0.2, 0.25) is 0 Å². The van der Waals surface area contributed by atoms with Crippen LogP contribution < -0.4 is 5.56 Å². The van der Waals surface area contributed by atoms with Crippen LogP contribution in [0.3, 0.4) is 0 Å². The van der Waals surface area contributed by atoms with Gasteiger partial charge in [0.05, 0.1) is 12.5 Å². The van der Waals surface area contributed by atoms with Gasteiger partial charge < -0.3 is 4.57 Å². The Labute approximate surface area is 83.6 Å². The molecule has 1 aromatic rings. The van der Waals surface area contributed by atoms with Crippen molar-refractivity contribution in [3.63, 3.8) is 0 Å². The standard InChI is InChI=1S/C11H14N2O/c1-4-13-9(3)7-8(2)10(5-6-12)11(13)14/h7H,4-5H2,1-3H3. The SMILES string of the molecule is CCn1c(C)cc(C)c(CC#N)c1=O. The molecule has 0 saturated carbocycles. The van der Waals surface area contributed by atoms with Crippen LogP contribution in [-0.2, 0) is 13.0 Å². The molecule has 0 aromatic carbocycles. The van der Waals surface area contributed by atoms with E-state index in [2.05, 4.69) is 0 Å². The minimum atomic E-state index is -0.0217. The molecule has 0 amide bonds. The average molecular weight is 190 g/mol. The molecule has 3 heteroatoms. The van der Waals surface area contributed by atoms with Crippen molar-refractivity contribution in [2.75, 3.05) is 0 Å². The van der Waals surface area contributed by atoms with Gasteiger partial charge in [0, 0.05) is 17.8 Å². The van der Waals surface area contributed by atoms with E-state index in [1.807, 2.05) is 32.9 Å². The van der Waals surface area contributed by atoms with E-state index >= 15 is 0 Å². The first-order valence-corrected chi connectivity index (χ1v) is 4.68. The molecule has 0 saturated heterocycles. The Morgan fingerprint density at radius 3 is 2.64 bits per heavy atom. The summed E-state index contributed by atoms with van der Waals surface area (Å²) in [5, 5.41) is 8.60. The molecular formula is C11H14N2O. The molecule has 0 atom stereocenters. The first-order valence-electron chi connectivity index (χ1n) is 4.68. The molecule has 0 aliphatic rings. The molecule has 0 radical (unpaired) electrons. The van der Waals surface area contributed by atoms with Crippen LogP contribution in [0, 0.1) is 25.2 Å². The minimum Gasteiger partial charge on any atom is -0.313 e. The van der Waals surface area contributed by atoms with Crippen LogP contribution in [0.4, 0.5) is 0 Å². The van der Waals surface area contributed by atoms with Gasteiger partial charge >= 0.3 is 0 Å². The maximum Gasteiger partial charge on any atom is 0.255 e. The second-order valence-electron chi connectivity index (χ2n) is 3.33. The fourth-order valence-electron chi connectivity index (χ4n) is 1.66. The maximum atomic E-state index is 11.8. The smallest absolute Gasteiger partial charge is 0.255 e. The van der Waals surface area contributed by atoms with Crippen LogP contribution in [0.5, 0.6) is 0 Å². The lowest BCUT2D eigenvalue weighted by molar-refractivity contribution is 0.690. The molecule has 0 fully saturated rings. The van der Waals surface area contributed by atoms with E-state index in [4.69, 9.17) is 5.26 Å². The second-order valence-corrected chi connectivity index (χ2v) is 3.33. The lowest BCUT2D eigenvalue weighted by Crippen LogP contribution is -2.25. The molecular weight excluding hydrogens is 176 g/mol. The number of hydrogen-bond donors (Lipinski definition) is 0. The Bertz CT molecular complexity index is 438. The van der Waals surface area contributed by atoms with E-state index in [9.17, 15) is 4.79 Å². The minimum absolute atomic E-state index is 0.0217. The zero-order valence-electron chi connectivity index (χ0n) is 8.79. The van der Waals surface area contributed by atoms with Crippen molar-refractivity contribution in [2.24, 2.45) is 0 Å². The topological polar surface area (TPSA) is 45.8 Å². The summed E-state index contributed by atoms with van der Waals surface area (Å²) in [6, 6.07) is 3.98. The van der Waals surface area contributed by atoms with Gasteiger partial charge in [0.1, 0.15) is 0 Å². The van der Waals surface area contributed by atoms with Crippen molar-refractivity contribution in [1.82, 2.24) is 4.57 Å². The van der Waals surface area contributed by atoms with E-state index in [-0.39, 0.29) is 12.0 Å². The Balaban J connectivity index is 3.46. The molecule has 0 N–H and O–H groups in total. The first-order chi connectivity index (χ1) is 6.61. The van der Waals surface area contributed by atoms with Crippen molar-refractivity contribution < 1.29 is 0 Å². The van der Waals surface area contributed by atoms with E-state index in [0.29, 0.717) is 12.1 Å². The van der Waals surface area contributed by atoms with Crippen molar-refractivity contribution in [3.8, 4) is 6.07 Å². The Kier molecular flexibility index (Phi) is 3.08. The fraction of sp³-hybridized carbons (Fsp3) is 0.455. The highest BCUT2D eigenvalue weighted by atomic mass is 16.1. The van der Waals surface area contributed by atoms with E-state index in [1.54, 1.807) is 4.57 Å². The van der Waals surface area contributed by atoms with Gasteiger partial charge in [-0.2, -0.15) is 5.26 Å². The van der Waals surface area contributed by atoms with Gasteiger partial charge in [0.2, 0.25) is 0 Å².